The van der Waals surface area contributed by atoms with E-state index in [2.05, 4.69) is 20.6 Å². The van der Waals surface area contributed by atoms with Crippen molar-refractivity contribution in [3.8, 4) is 5.75 Å². The molecule has 1 amide bonds. The highest BCUT2D eigenvalue weighted by Gasteiger charge is 2.07. The number of benzene rings is 2. The molecule has 1 heterocycles. The van der Waals surface area contributed by atoms with Crippen molar-refractivity contribution in [2.75, 3.05) is 19.0 Å². The molecule has 0 saturated carbocycles. The Morgan fingerprint density at radius 2 is 1.79 bits per heavy atom. The molecule has 0 atom stereocenters. The number of rotatable bonds is 8. The maximum atomic E-state index is 12.2. The molecular weight excluding hydrogens is 352 g/mol. The molecule has 144 valence electrons. The van der Waals surface area contributed by atoms with E-state index in [0.717, 1.165) is 17.7 Å². The first-order valence-corrected chi connectivity index (χ1v) is 9.16. The van der Waals surface area contributed by atoms with Crippen LogP contribution in [0.2, 0.25) is 0 Å². The van der Waals surface area contributed by atoms with Gasteiger partial charge >= 0.3 is 0 Å². The summed E-state index contributed by atoms with van der Waals surface area (Å²) in [7, 11) is 1.66. The summed E-state index contributed by atoms with van der Waals surface area (Å²) in [5.74, 6) is 1.15. The Hall–Kier alpha value is -3.41. The lowest BCUT2D eigenvalue weighted by molar-refractivity contribution is 0.0950. The SMILES string of the molecule is COc1cccc(CCNc2ncc(C(=O)NCc3ccc(C)cc3)cn2)c1. The van der Waals surface area contributed by atoms with Crippen molar-refractivity contribution in [2.24, 2.45) is 0 Å². The normalized spacial score (nSPS) is 10.4. The number of carbonyl (C=O) groups is 1. The first-order valence-electron chi connectivity index (χ1n) is 9.16. The number of aryl methyl sites for hydroxylation is 1. The minimum absolute atomic E-state index is 0.191. The molecule has 28 heavy (non-hydrogen) atoms. The van der Waals surface area contributed by atoms with E-state index in [1.807, 2.05) is 55.5 Å². The maximum absolute atomic E-state index is 12.2. The summed E-state index contributed by atoms with van der Waals surface area (Å²) in [5.41, 5.74) is 3.85. The van der Waals surface area contributed by atoms with Crippen molar-refractivity contribution in [1.82, 2.24) is 15.3 Å². The highest BCUT2D eigenvalue weighted by atomic mass is 16.5. The summed E-state index contributed by atoms with van der Waals surface area (Å²) in [6.45, 7) is 3.19. The van der Waals surface area contributed by atoms with Gasteiger partial charge in [0.25, 0.3) is 5.91 Å². The second-order valence-electron chi connectivity index (χ2n) is 6.49. The van der Waals surface area contributed by atoms with E-state index in [4.69, 9.17) is 4.74 Å². The third-order valence-corrected chi connectivity index (χ3v) is 4.32. The van der Waals surface area contributed by atoms with Gasteiger partial charge in [-0.3, -0.25) is 4.79 Å². The Kier molecular flexibility index (Phi) is 6.57. The molecule has 0 saturated heterocycles. The molecule has 2 N–H and O–H groups in total. The predicted octanol–water partition coefficient (Wildman–Crippen LogP) is 3.38. The zero-order valence-electron chi connectivity index (χ0n) is 16.1. The number of nitrogens with zero attached hydrogens (tertiary/aromatic N) is 2. The summed E-state index contributed by atoms with van der Waals surface area (Å²) in [6, 6.07) is 16.0. The van der Waals surface area contributed by atoms with Gasteiger partial charge in [0, 0.05) is 25.5 Å². The summed E-state index contributed by atoms with van der Waals surface area (Å²) in [6.07, 6.45) is 3.88. The van der Waals surface area contributed by atoms with Crippen molar-refractivity contribution in [3.63, 3.8) is 0 Å². The maximum Gasteiger partial charge on any atom is 0.254 e. The molecule has 6 nitrogen and oxygen atoms in total. The Morgan fingerprint density at radius 3 is 2.50 bits per heavy atom. The van der Waals surface area contributed by atoms with Crippen LogP contribution in [0.1, 0.15) is 27.0 Å². The first kappa shape index (κ1) is 19.4. The molecule has 6 heteroatoms. The lowest BCUT2D eigenvalue weighted by Crippen LogP contribution is -2.23. The smallest absolute Gasteiger partial charge is 0.254 e. The molecule has 0 aliphatic rings. The van der Waals surface area contributed by atoms with Crippen LogP contribution in [0.15, 0.2) is 60.9 Å². The van der Waals surface area contributed by atoms with Crippen LogP contribution in [0.4, 0.5) is 5.95 Å². The van der Waals surface area contributed by atoms with Crippen LogP contribution in [-0.4, -0.2) is 29.5 Å². The van der Waals surface area contributed by atoms with Crippen LogP contribution in [0, 0.1) is 6.92 Å². The van der Waals surface area contributed by atoms with Gasteiger partial charge in [-0.25, -0.2) is 9.97 Å². The summed E-state index contributed by atoms with van der Waals surface area (Å²) in [5, 5.41) is 6.04. The Labute approximate surface area is 165 Å². The minimum Gasteiger partial charge on any atom is -0.497 e. The van der Waals surface area contributed by atoms with Crippen LogP contribution in [0.25, 0.3) is 0 Å². The van der Waals surface area contributed by atoms with E-state index < -0.39 is 0 Å². The number of methoxy groups -OCH3 is 1. The molecular formula is C22H24N4O2. The number of hydrogen-bond acceptors (Lipinski definition) is 5. The van der Waals surface area contributed by atoms with Gasteiger partial charge in [-0.1, -0.05) is 42.0 Å². The van der Waals surface area contributed by atoms with E-state index in [-0.39, 0.29) is 5.91 Å². The standard InChI is InChI=1S/C22H24N4O2/c1-16-6-8-18(9-7-16)13-24-21(27)19-14-25-22(26-15-19)23-11-10-17-4-3-5-20(12-17)28-2/h3-9,12,14-15H,10-11,13H2,1-2H3,(H,24,27)(H,23,25,26). The number of aromatic nitrogens is 2. The fraction of sp³-hybridized carbons (Fsp3) is 0.227. The van der Waals surface area contributed by atoms with Crippen molar-refractivity contribution in [1.29, 1.82) is 0 Å². The highest BCUT2D eigenvalue weighted by molar-refractivity contribution is 5.93. The quantitative estimate of drug-likeness (QED) is 0.630. The average Bonchev–Trinajstić information content (AvgIpc) is 2.74. The van der Waals surface area contributed by atoms with Gasteiger partial charge < -0.3 is 15.4 Å². The fourth-order valence-corrected chi connectivity index (χ4v) is 2.67. The Bertz CT molecular complexity index is 909. The van der Waals surface area contributed by atoms with Crippen LogP contribution >= 0.6 is 0 Å². The molecule has 1 aromatic heterocycles. The first-order chi connectivity index (χ1) is 13.6. The predicted molar refractivity (Wildman–Crippen MR) is 110 cm³/mol. The number of hydrogen-bond donors (Lipinski definition) is 2. The summed E-state index contributed by atoms with van der Waals surface area (Å²) >= 11 is 0. The van der Waals surface area contributed by atoms with Crippen molar-refractivity contribution >= 4 is 11.9 Å². The number of carbonyl (C=O) groups excluding carboxylic acids is 1. The van der Waals surface area contributed by atoms with Gasteiger partial charge in [-0.15, -0.1) is 0 Å². The molecule has 2 aromatic carbocycles. The number of amides is 1. The molecule has 0 aliphatic heterocycles. The van der Waals surface area contributed by atoms with Gasteiger partial charge in [0.2, 0.25) is 5.95 Å². The minimum atomic E-state index is -0.191. The van der Waals surface area contributed by atoms with Crippen molar-refractivity contribution in [2.45, 2.75) is 19.9 Å². The van der Waals surface area contributed by atoms with Crippen molar-refractivity contribution < 1.29 is 9.53 Å². The number of nitrogens with one attached hydrogen (secondary N) is 2. The largest absolute Gasteiger partial charge is 0.497 e. The number of anilines is 1. The molecule has 3 aromatic rings. The second kappa shape index (κ2) is 9.50. The summed E-state index contributed by atoms with van der Waals surface area (Å²) < 4.78 is 5.23. The zero-order chi connectivity index (χ0) is 19.8. The second-order valence-corrected chi connectivity index (χ2v) is 6.49. The van der Waals surface area contributed by atoms with Crippen LogP contribution in [-0.2, 0) is 13.0 Å². The molecule has 3 rings (SSSR count). The molecule has 0 unspecified atom stereocenters. The van der Waals surface area contributed by atoms with E-state index >= 15 is 0 Å². The van der Waals surface area contributed by atoms with E-state index in [1.54, 1.807) is 7.11 Å². The fourth-order valence-electron chi connectivity index (χ4n) is 2.67. The number of ether oxygens (including phenoxy) is 1. The highest BCUT2D eigenvalue weighted by Crippen LogP contribution is 2.13. The lowest BCUT2D eigenvalue weighted by atomic mass is 10.1. The van der Waals surface area contributed by atoms with Crippen molar-refractivity contribution in [3.05, 3.63) is 83.2 Å². The van der Waals surface area contributed by atoms with Gasteiger partial charge in [-0.05, 0) is 36.6 Å². The lowest BCUT2D eigenvalue weighted by Gasteiger charge is -2.08. The third kappa shape index (κ3) is 5.54. The molecule has 0 spiro atoms. The molecule has 0 bridgehead atoms. The van der Waals surface area contributed by atoms with E-state index in [0.29, 0.717) is 24.6 Å². The molecule has 0 aliphatic carbocycles. The molecule has 0 radical (unpaired) electrons. The molecule has 0 fully saturated rings. The van der Waals surface area contributed by atoms with E-state index in [9.17, 15) is 4.79 Å². The van der Waals surface area contributed by atoms with Gasteiger partial charge in [0.05, 0.1) is 12.7 Å². The average molecular weight is 376 g/mol. The Balaban J connectivity index is 1.47. The van der Waals surface area contributed by atoms with Crippen LogP contribution in [0.3, 0.4) is 0 Å². The monoisotopic (exact) mass is 376 g/mol. The Morgan fingerprint density at radius 1 is 1.04 bits per heavy atom. The van der Waals surface area contributed by atoms with Crippen LogP contribution < -0.4 is 15.4 Å². The summed E-state index contributed by atoms with van der Waals surface area (Å²) in [4.78, 5) is 20.7. The van der Waals surface area contributed by atoms with E-state index in [1.165, 1.54) is 23.5 Å². The topological polar surface area (TPSA) is 76.1 Å². The van der Waals surface area contributed by atoms with Gasteiger partial charge in [0.15, 0.2) is 0 Å². The van der Waals surface area contributed by atoms with Gasteiger partial charge in [-0.2, -0.15) is 0 Å². The van der Waals surface area contributed by atoms with Crippen LogP contribution in [0.5, 0.6) is 5.75 Å². The third-order valence-electron chi connectivity index (χ3n) is 4.32. The van der Waals surface area contributed by atoms with Gasteiger partial charge in [0.1, 0.15) is 5.75 Å². The zero-order valence-corrected chi connectivity index (χ0v) is 16.1.